The van der Waals surface area contributed by atoms with Gasteiger partial charge in [0.15, 0.2) is 0 Å². The van der Waals surface area contributed by atoms with Crippen LogP contribution in [0, 0.1) is 29.6 Å². The van der Waals surface area contributed by atoms with Crippen molar-refractivity contribution in [3.8, 4) is 0 Å². The number of rotatable bonds is 3. The summed E-state index contributed by atoms with van der Waals surface area (Å²) in [5.41, 5.74) is 0. The number of Topliss-reactive ketones (excluding diaryl/α,β-unsaturated/α-hetero) is 2. The molecule has 0 spiro atoms. The Hall–Kier alpha value is -0.920. The lowest BCUT2D eigenvalue weighted by Crippen LogP contribution is -2.34. The maximum atomic E-state index is 12.1. The molecule has 15 heavy (non-hydrogen) atoms. The average Bonchev–Trinajstić information content (AvgIpc) is 2.74. The van der Waals surface area contributed by atoms with Crippen molar-refractivity contribution in [1.29, 1.82) is 0 Å². The average molecular weight is 206 g/mol. The Morgan fingerprint density at radius 1 is 1.13 bits per heavy atom. The van der Waals surface area contributed by atoms with E-state index in [1.807, 2.05) is 13.8 Å². The highest BCUT2D eigenvalue weighted by Gasteiger charge is 2.49. The molecule has 0 saturated heterocycles. The van der Waals surface area contributed by atoms with E-state index in [1.54, 1.807) is 6.92 Å². The fourth-order valence-corrected chi connectivity index (χ4v) is 3.15. The zero-order chi connectivity index (χ0) is 11.2. The third kappa shape index (κ3) is 1.56. The topological polar surface area (TPSA) is 34.1 Å². The van der Waals surface area contributed by atoms with Crippen molar-refractivity contribution >= 4 is 11.6 Å². The molecule has 0 aromatic heterocycles. The van der Waals surface area contributed by atoms with Crippen molar-refractivity contribution in [1.82, 2.24) is 0 Å². The van der Waals surface area contributed by atoms with Crippen molar-refractivity contribution in [2.75, 3.05) is 0 Å². The van der Waals surface area contributed by atoms with E-state index in [1.165, 1.54) is 0 Å². The van der Waals surface area contributed by atoms with Gasteiger partial charge in [-0.2, -0.15) is 0 Å². The molecule has 2 rings (SSSR count). The molecule has 0 aliphatic heterocycles. The highest BCUT2D eigenvalue weighted by molar-refractivity contribution is 5.91. The molecule has 0 unspecified atom stereocenters. The summed E-state index contributed by atoms with van der Waals surface area (Å²) in [6, 6.07) is 0. The fraction of sp³-hybridized carbons (Fsp3) is 0.692. The second-order valence-electron chi connectivity index (χ2n) is 5.17. The van der Waals surface area contributed by atoms with Gasteiger partial charge in [0.05, 0.1) is 0 Å². The lowest BCUT2D eigenvalue weighted by Gasteiger charge is -2.26. The summed E-state index contributed by atoms with van der Waals surface area (Å²) in [5.74, 6) is 1.11. The zero-order valence-corrected chi connectivity index (χ0v) is 9.57. The summed E-state index contributed by atoms with van der Waals surface area (Å²) >= 11 is 0. The summed E-state index contributed by atoms with van der Waals surface area (Å²) in [6.07, 6.45) is 5.27. The molecule has 0 amide bonds. The Morgan fingerprint density at radius 2 is 1.67 bits per heavy atom. The number of allylic oxidation sites excluding steroid dienone is 2. The second-order valence-corrected chi connectivity index (χ2v) is 5.17. The maximum absolute atomic E-state index is 12.1. The maximum Gasteiger partial charge on any atom is 0.139 e. The largest absolute Gasteiger partial charge is 0.300 e. The molecule has 2 aliphatic rings. The Balaban J connectivity index is 2.27. The summed E-state index contributed by atoms with van der Waals surface area (Å²) in [7, 11) is 0. The van der Waals surface area contributed by atoms with Gasteiger partial charge in [-0.15, -0.1) is 0 Å². The number of carbonyl (C=O) groups excluding carboxylic acids is 2. The second kappa shape index (κ2) is 3.58. The number of carbonyl (C=O) groups is 2. The Bertz CT molecular complexity index is 327. The highest BCUT2D eigenvalue weighted by Crippen LogP contribution is 2.49. The van der Waals surface area contributed by atoms with Gasteiger partial charge in [0.2, 0.25) is 0 Å². The predicted octanol–water partition coefficient (Wildman–Crippen LogP) is 2.24. The first-order valence-electron chi connectivity index (χ1n) is 5.75. The SMILES string of the molecule is CC(=O)[C@H]1[C@@H](C(=O)C(C)C)[C@H]2C=C[C@@H]1C2. The molecule has 0 heterocycles. The van der Waals surface area contributed by atoms with Crippen LogP contribution in [0.25, 0.3) is 0 Å². The summed E-state index contributed by atoms with van der Waals surface area (Å²) in [5, 5.41) is 0. The van der Waals surface area contributed by atoms with Crippen LogP contribution < -0.4 is 0 Å². The van der Waals surface area contributed by atoms with Crippen LogP contribution in [0.3, 0.4) is 0 Å². The van der Waals surface area contributed by atoms with Crippen LogP contribution in [0.4, 0.5) is 0 Å². The van der Waals surface area contributed by atoms with E-state index in [4.69, 9.17) is 0 Å². The minimum Gasteiger partial charge on any atom is -0.300 e. The Kier molecular flexibility index (Phi) is 2.53. The first-order chi connectivity index (χ1) is 7.02. The molecule has 2 aliphatic carbocycles. The Morgan fingerprint density at radius 3 is 2.13 bits per heavy atom. The van der Waals surface area contributed by atoms with E-state index in [0.29, 0.717) is 11.8 Å². The first-order valence-corrected chi connectivity index (χ1v) is 5.75. The summed E-state index contributed by atoms with van der Waals surface area (Å²) < 4.78 is 0. The minimum atomic E-state index is -0.0325. The molecule has 1 saturated carbocycles. The molecule has 2 nitrogen and oxygen atoms in total. The van der Waals surface area contributed by atoms with E-state index >= 15 is 0 Å². The molecule has 2 bridgehead atoms. The van der Waals surface area contributed by atoms with Gasteiger partial charge >= 0.3 is 0 Å². The molecule has 2 heteroatoms. The molecule has 0 aromatic rings. The number of ketones is 2. The lowest BCUT2D eigenvalue weighted by molar-refractivity contribution is -0.133. The quantitative estimate of drug-likeness (QED) is 0.664. The van der Waals surface area contributed by atoms with Crippen LogP contribution in [-0.2, 0) is 9.59 Å². The smallest absolute Gasteiger partial charge is 0.139 e. The van der Waals surface area contributed by atoms with E-state index in [0.717, 1.165) is 6.42 Å². The van der Waals surface area contributed by atoms with Gasteiger partial charge < -0.3 is 0 Å². The molecule has 0 aromatic carbocycles. The fourth-order valence-electron chi connectivity index (χ4n) is 3.15. The van der Waals surface area contributed by atoms with E-state index in [9.17, 15) is 9.59 Å². The van der Waals surface area contributed by atoms with Gasteiger partial charge in [0.1, 0.15) is 11.6 Å². The first kappa shape index (κ1) is 10.6. The normalized spacial score (nSPS) is 37.6. The standard InChI is InChI=1S/C13H18O2/c1-7(2)13(15)12-10-5-4-9(6-10)11(12)8(3)14/h4-5,7,9-12H,6H2,1-3H3/t9-,10+,11-,12+/m1/s1. The molecule has 0 N–H and O–H groups in total. The van der Waals surface area contributed by atoms with Crippen molar-refractivity contribution in [3.05, 3.63) is 12.2 Å². The van der Waals surface area contributed by atoms with Crippen LogP contribution in [-0.4, -0.2) is 11.6 Å². The zero-order valence-electron chi connectivity index (χ0n) is 9.57. The lowest BCUT2D eigenvalue weighted by atomic mass is 9.76. The van der Waals surface area contributed by atoms with Crippen LogP contribution in [0.5, 0.6) is 0 Å². The molecule has 4 atom stereocenters. The molecule has 1 fully saturated rings. The number of fused-ring (bicyclic) bond motifs is 2. The highest BCUT2D eigenvalue weighted by atomic mass is 16.1. The Labute approximate surface area is 90.7 Å². The van der Waals surface area contributed by atoms with Crippen LogP contribution in [0.2, 0.25) is 0 Å². The van der Waals surface area contributed by atoms with Crippen LogP contribution in [0.15, 0.2) is 12.2 Å². The van der Waals surface area contributed by atoms with E-state index in [2.05, 4.69) is 12.2 Å². The van der Waals surface area contributed by atoms with Gasteiger partial charge in [-0.3, -0.25) is 9.59 Å². The monoisotopic (exact) mass is 206 g/mol. The third-order valence-corrected chi connectivity index (χ3v) is 3.83. The predicted molar refractivity (Wildman–Crippen MR) is 58.2 cm³/mol. The van der Waals surface area contributed by atoms with E-state index < -0.39 is 0 Å². The van der Waals surface area contributed by atoms with Crippen molar-refractivity contribution in [2.45, 2.75) is 27.2 Å². The number of hydrogen-bond acceptors (Lipinski definition) is 2. The summed E-state index contributed by atoms with van der Waals surface area (Å²) in [4.78, 5) is 23.7. The molecule has 0 radical (unpaired) electrons. The van der Waals surface area contributed by atoms with Crippen molar-refractivity contribution in [3.63, 3.8) is 0 Å². The van der Waals surface area contributed by atoms with Crippen molar-refractivity contribution in [2.24, 2.45) is 29.6 Å². The molecule has 82 valence electrons. The van der Waals surface area contributed by atoms with Gasteiger partial charge in [-0.1, -0.05) is 26.0 Å². The van der Waals surface area contributed by atoms with Crippen molar-refractivity contribution < 1.29 is 9.59 Å². The number of hydrogen-bond donors (Lipinski definition) is 0. The van der Waals surface area contributed by atoms with Gasteiger partial charge in [-0.05, 0) is 25.2 Å². The van der Waals surface area contributed by atoms with Gasteiger partial charge in [-0.25, -0.2) is 0 Å². The third-order valence-electron chi connectivity index (χ3n) is 3.83. The summed E-state index contributed by atoms with van der Waals surface area (Å²) in [6.45, 7) is 5.48. The van der Waals surface area contributed by atoms with E-state index in [-0.39, 0.29) is 29.3 Å². The van der Waals surface area contributed by atoms with Gasteiger partial charge in [0.25, 0.3) is 0 Å². The molecular weight excluding hydrogens is 188 g/mol. The van der Waals surface area contributed by atoms with Gasteiger partial charge in [0, 0.05) is 17.8 Å². The van der Waals surface area contributed by atoms with Crippen LogP contribution >= 0.6 is 0 Å². The molecular formula is C13H18O2. The van der Waals surface area contributed by atoms with Crippen LogP contribution in [0.1, 0.15) is 27.2 Å². The minimum absolute atomic E-state index is 0.0301.